The van der Waals surface area contributed by atoms with Gasteiger partial charge in [0.25, 0.3) is 0 Å². The number of hydrogen-bond acceptors (Lipinski definition) is 8. The van der Waals surface area contributed by atoms with Crippen LogP contribution in [0.4, 0.5) is 24.9 Å². The summed E-state index contributed by atoms with van der Waals surface area (Å²) in [5, 5.41) is 17.5. The summed E-state index contributed by atoms with van der Waals surface area (Å²) < 4.78 is 50.5. The van der Waals surface area contributed by atoms with Gasteiger partial charge in [-0.3, -0.25) is 0 Å². The summed E-state index contributed by atoms with van der Waals surface area (Å²) >= 11 is 0. The second-order valence-corrected chi connectivity index (χ2v) is 9.82. The van der Waals surface area contributed by atoms with Gasteiger partial charge in [0, 0.05) is 30.0 Å². The highest BCUT2D eigenvalue weighted by Gasteiger charge is 2.73. The molecule has 0 saturated heterocycles. The van der Waals surface area contributed by atoms with Gasteiger partial charge in [0.15, 0.2) is 5.58 Å². The average Bonchev–Trinajstić information content (AvgIpc) is 3.06. The number of anilines is 2. The number of aliphatic hydroxyl groups is 1. The molecule has 0 aromatic carbocycles. The van der Waals surface area contributed by atoms with E-state index in [1.165, 1.54) is 0 Å². The lowest BCUT2D eigenvalue weighted by Gasteiger charge is -2.36. The van der Waals surface area contributed by atoms with Crippen LogP contribution in [0.25, 0.3) is 22.3 Å². The lowest BCUT2D eigenvalue weighted by Crippen LogP contribution is -2.43. The molecule has 3 heterocycles. The van der Waals surface area contributed by atoms with Crippen LogP contribution in [-0.2, 0) is 10.9 Å². The van der Waals surface area contributed by atoms with Crippen LogP contribution in [0.1, 0.15) is 38.1 Å². The lowest BCUT2D eigenvalue weighted by molar-refractivity contribution is -0.141. The Labute approximate surface area is 200 Å². The van der Waals surface area contributed by atoms with E-state index < -0.39 is 23.5 Å². The molecule has 2 saturated carbocycles. The molecule has 2 aliphatic carbocycles. The number of nitrogens with zero attached hydrogens (tertiary/aromatic N) is 3. The molecule has 8 nitrogen and oxygen atoms in total. The summed E-state index contributed by atoms with van der Waals surface area (Å²) in [5.41, 5.74) is -0.348. The number of halogens is 3. The molecule has 11 heteroatoms. The van der Waals surface area contributed by atoms with Crippen molar-refractivity contribution in [3.8, 4) is 11.3 Å². The number of aryl methyl sites for hydroxylation is 1. The van der Waals surface area contributed by atoms with E-state index in [2.05, 4.69) is 34.4 Å². The van der Waals surface area contributed by atoms with Crippen LogP contribution in [0.2, 0.25) is 0 Å². The number of aromatic nitrogens is 3. The number of hydrogen-bond donors (Lipinski definition) is 3. The van der Waals surface area contributed by atoms with Gasteiger partial charge < -0.3 is 24.9 Å². The number of alkyl halides is 3. The molecule has 4 atom stereocenters. The fourth-order valence-corrected chi connectivity index (χ4v) is 5.47. The SMILES string of the molecule is COCCNc1nc(C)c(-c2cc3cc(C(F)(F)F)ncc3o2)c(NC2(C)CCC3C(O)C32C)n1. The number of rotatable bonds is 7. The number of aliphatic hydroxyl groups excluding tert-OH is 1. The number of furan rings is 1. The van der Waals surface area contributed by atoms with Gasteiger partial charge >= 0.3 is 6.18 Å². The van der Waals surface area contributed by atoms with Crippen molar-refractivity contribution in [3.05, 3.63) is 29.7 Å². The lowest BCUT2D eigenvalue weighted by atomic mass is 9.84. The van der Waals surface area contributed by atoms with Crippen LogP contribution >= 0.6 is 0 Å². The molecular weight excluding hydrogens is 463 g/mol. The van der Waals surface area contributed by atoms with E-state index >= 15 is 0 Å². The van der Waals surface area contributed by atoms with Gasteiger partial charge in [0.2, 0.25) is 5.95 Å². The number of ether oxygens (including phenoxy) is 1. The highest BCUT2D eigenvalue weighted by molar-refractivity contribution is 5.86. The van der Waals surface area contributed by atoms with Crippen LogP contribution < -0.4 is 10.6 Å². The molecular formula is C24H28F3N5O3. The van der Waals surface area contributed by atoms with Crippen LogP contribution in [-0.4, -0.2) is 52.0 Å². The number of pyridine rings is 1. The molecule has 2 aliphatic rings. The summed E-state index contributed by atoms with van der Waals surface area (Å²) in [7, 11) is 1.60. The molecule has 0 spiro atoms. The van der Waals surface area contributed by atoms with Crippen LogP contribution in [0, 0.1) is 18.3 Å². The van der Waals surface area contributed by atoms with E-state index in [1.807, 2.05) is 0 Å². The van der Waals surface area contributed by atoms with Crippen molar-refractivity contribution < 1.29 is 27.4 Å². The minimum Gasteiger partial charge on any atom is -0.454 e. The summed E-state index contributed by atoms with van der Waals surface area (Å²) in [5.74, 6) is 1.44. The molecule has 188 valence electrons. The first kappa shape index (κ1) is 23.8. The molecule has 3 aromatic rings. The first-order chi connectivity index (χ1) is 16.5. The van der Waals surface area contributed by atoms with Gasteiger partial charge in [-0.1, -0.05) is 6.92 Å². The zero-order chi connectivity index (χ0) is 25.2. The number of fused-ring (bicyclic) bond motifs is 2. The van der Waals surface area contributed by atoms with Gasteiger partial charge in [0.05, 0.1) is 30.2 Å². The van der Waals surface area contributed by atoms with Gasteiger partial charge in [-0.15, -0.1) is 0 Å². The molecule has 0 radical (unpaired) electrons. The quantitative estimate of drug-likeness (QED) is 0.411. The summed E-state index contributed by atoms with van der Waals surface area (Å²) in [6.45, 7) is 6.90. The van der Waals surface area contributed by atoms with Crippen molar-refractivity contribution in [1.29, 1.82) is 0 Å². The third kappa shape index (κ3) is 3.81. The Morgan fingerprint density at radius 2 is 2.03 bits per heavy atom. The zero-order valence-corrected chi connectivity index (χ0v) is 20.0. The topological polar surface area (TPSA) is 105 Å². The van der Waals surface area contributed by atoms with Gasteiger partial charge in [-0.25, -0.2) is 9.97 Å². The van der Waals surface area contributed by atoms with E-state index in [0.717, 1.165) is 25.1 Å². The van der Waals surface area contributed by atoms with Crippen molar-refractivity contribution in [2.24, 2.45) is 11.3 Å². The second-order valence-electron chi connectivity index (χ2n) is 9.82. The van der Waals surface area contributed by atoms with Crippen LogP contribution in [0.15, 0.2) is 22.7 Å². The minimum absolute atomic E-state index is 0.226. The largest absolute Gasteiger partial charge is 0.454 e. The average molecular weight is 492 g/mol. The van der Waals surface area contributed by atoms with Crippen molar-refractivity contribution in [1.82, 2.24) is 15.0 Å². The minimum atomic E-state index is -4.55. The Kier molecular flexibility index (Phi) is 5.48. The fourth-order valence-electron chi connectivity index (χ4n) is 5.47. The van der Waals surface area contributed by atoms with Gasteiger partial charge in [-0.05, 0) is 44.7 Å². The fraction of sp³-hybridized carbons (Fsp3) is 0.542. The molecule has 3 aromatic heterocycles. The Balaban J connectivity index is 1.58. The standard InChI is InChI=1S/C24H28F3N5O3/c1-12-18(15-9-13-10-17(24(25,26)27)29-11-16(13)35-15)20(31-21(30-12)28-7-8-34-4)32-22(2)6-5-14-19(33)23(14,22)3/h9-11,14,19,33H,5-8H2,1-4H3,(H2,28,30,31,32). The van der Waals surface area contributed by atoms with Crippen LogP contribution in [0.5, 0.6) is 0 Å². The van der Waals surface area contributed by atoms with E-state index in [1.54, 1.807) is 20.1 Å². The van der Waals surface area contributed by atoms with Crippen molar-refractivity contribution in [3.63, 3.8) is 0 Å². The first-order valence-electron chi connectivity index (χ1n) is 11.5. The van der Waals surface area contributed by atoms with E-state index in [-0.39, 0.29) is 22.3 Å². The normalized spacial score (nSPS) is 27.8. The summed E-state index contributed by atoms with van der Waals surface area (Å²) in [6, 6.07) is 2.52. The molecule has 4 unspecified atom stereocenters. The molecule has 0 aliphatic heterocycles. The highest BCUT2D eigenvalue weighted by Crippen LogP contribution is 2.68. The summed E-state index contributed by atoms with van der Waals surface area (Å²) in [4.78, 5) is 12.7. The maximum atomic E-state index is 13.2. The van der Waals surface area contributed by atoms with Crippen LogP contribution in [0.3, 0.4) is 0 Å². The molecule has 2 fully saturated rings. The number of nitrogens with one attached hydrogen (secondary N) is 2. The van der Waals surface area contributed by atoms with E-state index in [0.29, 0.717) is 41.9 Å². The Morgan fingerprint density at radius 3 is 2.69 bits per heavy atom. The predicted molar refractivity (Wildman–Crippen MR) is 124 cm³/mol. The highest BCUT2D eigenvalue weighted by atomic mass is 19.4. The monoisotopic (exact) mass is 491 g/mol. The first-order valence-corrected chi connectivity index (χ1v) is 11.5. The Hall–Kier alpha value is -2.92. The maximum Gasteiger partial charge on any atom is 0.433 e. The second kappa shape index (κ2) is 8.06. The van der Waals surface area contributed by atoms with Crippen molar-refractivity contribution >= 4 is 22.7 Å². The molecule has 0 amide bonds. The van der Waals surface area contributed by atoms with E-state index in [4.69, 9.17) is 14.1 Å². The van der Waals surface area contributed by atoms with E-state index in [9.17, 15) is 18.3 Å². The van der Waals surface area contributed by atoms with Crippen molar-refractivity contribution in [2.45, 2.75) is 51.4 Å². The smallest absolute Gasteiger partial charge is 0.433 e. The Bertz CT molecular complexity index is 1280. The van der Waals surface area contributed by atoms with Gasteiger partial charge in [0.1, 0.15) is 17.3 Å². The summed E-state index contributed by atoms with van der Waals surface area (Å²) in [6.07, 6.45) is -2.12. The van der Waals surface area contributed by atoms with Gasteiger partial charge in [-0.2, -0.15) is 18.2 Å². The molecule has 35 heavy (non-hydrogen) atoms. The third-order valence-corrected chi connectivity index (χ3v) is 7.82. The Morgan fingerprint density at radius 1 is 1.26 bits per heavy atom. The molecule has 0 bridgehead atoms. The maximum absolute atomic E-state index is 13.2. The predicted octanol–water partition coefficient (Wildman–Crippen LogP) is 4.63. The number of methoxy groups -OCH3 is 1. The zero-order valence-electron chi connectivity index (χ0n) is 20.0. The molecule has 3 N–H and O–H groups in total. The molecule has 5 rings (SSSR count). The third-order valence-electron chi connectivity index (χ3n) is 7.82. The van der Waals surface area contributed by atoms with Crippen molar-refractivity contribution in [2.75, 3.05) is 30.9 Å².